The van der Waals surface area contributed by atoms with Gasteiger partial charge >= 0.3 is 18.6 Å². The van der Waals surface area contributed by atoms with E-state index in [9.17, 15) is 22.4 Å². The fraction of sp³-hybridized carbons (Fsp3) is 0.417. The van der Waals surface area contributed by atoms with Crippen LogP contribution in [0.1, 0.15) is 18.0 Å². The van der Waals surface area contributed by atoms with Crippen LogP contribution in [0.5, 0.6) is 5.75 Å². The van der Waals surface area contributed by atoms with E-state index < -0.39 is 30.4 Å². The van der Waals surface area contributed by atoms with Crippen molar-refractivity contribution in [2.24, 2.45) is 0 Å². The van der Waals surface area contributed by atoms with Gasteiger partial charge in [0.15, 0.2) is 0 Å². The van der Waals surface area contributed by atoms with Crippen molar-refractivity contribution in [3.63, 3.8) is 0 Å². The van der Waals surface area contributed by atoms with Crippen LogP contribution in [0.15, 0.2) is 24.3 Å². The van der Waals surface area contributed by atoms with E-state index in [0.717, 1.165) is 6.07 Å². The summed E-state index contributed by atoms with van der Waals surface area (Å²) in [4.78, 5) is 11.1. The van der Waals surface area contributed by atoms with E-state index in [1.54, 1.807) is 0 Å². The highest BCUT2D eigenvalue weighted by Gasteiger charge is 2.44. The van der Waals surface area contributed by atoms with Crippen molar-refractivity contribution in [1.82, 2.24) is 5.32 Å². The molecule has 1 fully saturated rings. The fourth-order valence-electron chi connectivity index (χ4n) is 1.81. The smallest absolute Gasteiger partial charge is 0.449 e. The van der Waals surface area contributed by atoms with Crippen LogP contribution in [0.25, 0.3) is 0 Å². The highest BCUT2D eigenvalue weighted by atomic mass is 35.5. The first-order chi connectivity index (χ1) is 9.40. The molecule has 1 aromatic carbocycles. The number of amides is 1. The molecule has 118 valence electrons. The van der Waals surface area contributed by atoms with Crippen LogP contribution < -0.4 is 10.1 Å². The quantitative estimate of drug-likeness (QED) is 0.860. The normalized spacial score (nSPS) is 18.5. The van der Waals surface area contributed by atoms with Gasteiger partial charge in [-0.15, -0.1) is 12.4 Å². The standard InChI is InChI=1S/C12H11F4NO3.ClH/c13-10(14)12(15,16)20-9-4-2-1-3-7(9)8-5-6-19-11(18)17-8;/h1-4,8,10H,5-6H2,(H,17,18);1H/t8-;/m1./s1. The van der Waals surface area contributed by atoms with E-state index in [2.05, 4.69) is 14.8 Å². The number of halogens is 5. The zero-order valence-electron chi connectivity index (χ0n) is 10.5. The molecule has 1 aromatic rings. The third-order valence-corrected chi connectivity index (χ3v) is 2.73. The van der Waals surface area contributed by atoms with Crippen LogP contribution in [0.3, 0.4) is 0 Å². The molecule has 0 bridgehead atoms. The van der Waals surface area contributed by atoms with Crippen LogP contribution in [0.2, 0.25) is 0 Å². The minimum atomic E-state index is -4.59. The molecule has 1 amide bonds. The second-order valence-electron chi connectivity index (χ2n) is 4.12. The Morgan fingerprint density at radius 1 is 1.33 bits per heavy atom. The Labute approximate surface area is 123 Å². The number of nitrogens with one attached hydrogen (secondary N) is 1. The molecule has 0 aromatic heterocycles. The van der Waals surface area contributed by atoms with E-state index in [4.69, 9.17) is 0 Å². The predicted molar refractivity (Wildman–Crippen MR) is 67.1 cm³/mol. The highest BCUT2D eigenvalue weighted by molar-refractivity contribution is 5.85. The Hall–Kier alpha value is -1.70. The van der Waals surface area contributed by atoms with Gasteiger partial charge in [-0.1, -0.05) is 18.2 Å². The molecule has 1 aliphatic rings. The van der Waals surface area contributed by atoms with E-state index in [0.29, 0.717) is 6.42 Å². The molecule has 1 atom stereocenters. The first kappa shape index (κ1) is 17.4. The van der Waals surface area contributed by atoms with Gasteiger partial charge in [-0.05, 0) is 6.07 Å². The third kappa shape index (κ3) is 4.13. The molecule has 0 aliphatic carbocycles. The third-order valence-electron chi connectivity index (χ3n) is 2.73. The maximum absolute atomic E-state index is 13.0. The molecule has 1 aliphatic heterocycles. The lowest BCUT2D eigenvalue weighted by Gasteiger charge is -2.26. The number of hydrogen-bond acceptors (Lipinski definition) is 3. The summed E-state index contributed by atoms with van der Waals surface area (Å²) in [6, 6.07) is 4.85. The molecule has 0 spiro atoms. The van der Waals surface area contributed by atoms with Crippen molar-refractivity contribution < 1.29 is 31.8 Å². The van der Waals surface area contributed by atoms with Gasteiger partial charge in [-0.2, -0.15) is 17.6 Å². The van der Waals surface area contributed by atoms with Crippen LogP contribution in [0, 0.1) is 0 Å². The van der Waals surface area contributed by atoms with Crippen molar-refractivity contribution in [2.75, 3.05) is 6.61 Å². The molecule has 0 unspecified atom stereocenters. The Morgan fingerprint density at radius 3 is 2.62 bits per heavy atom. The lowest BCUT2D eigenvalue weighted by atomic mass is 10.0. The van der Waals surface area contributed by atoms with Gasteiger partial charge in [-0.25, -0.2) is 4.79 Å². The number of carbonyl (C=O) groups excluding carboxylic acids is 1. The summed E-state index contributed by atoms with van der Waals surface area (Å²) in [5.74, 6) is -0.398. The largest absolute Gasteiger partial charge is 0.461 e. The summed E-state index contributed by atoms with van der Waals surface area (Å²) in [5, 5.41) is 2.41. The minimum Gasteiger partial charge on any atom is -0.449 e. The number of cyclic esters (lactones) is 1. The summed E-state index contributed by atoms with van der Waals surface area (Å²) in [7, 11) is 0. The van der Waals surface area contributed by atoms with Crippen molar-refractivity contribution in [2.45, 2.75) is 25.0 Å². The summed E-state index contributed by atoms with van der Waals surface area (Å²) < 4.78 is 59.0. The van der Waals surface area contributed by atoms with E-state index >= 15 is 0 Å². The van der Waals surface area contributed by atoms with E-state index in [-0.39, 0.29) is 24.6 Å². The van der Waals surface area contributed by atoms with Crippen LogP contribution in [-0.4, -0.2) is 25.2 Å². The number of carbonyl (C=O) groups is 1. The van der Waals surface area contributed by atoms with Gasteiger partial charge in [0, 0.05) is 12.0 Å². The number of benzene rings is 1. The number of alkyl carbamates (subject to hydrolysis) is 1. The molecular formula is C12H12ClF4NO3. The van der Waals surface area contributed by atoms with Gasteiger partial charge in [-0.3, -0.25) is 0 Å². The Bertz CT molecular complexity index is 501. The molecular weight excluding hydrogens is 318 g/mol. The lowest BCUT2D eigenvalue weighted by molar-refractivity contribution is -0.253. The molecule has 0 saturated carbocycles. The average molecular weight is 330 g/mol. The Kier molecular flexibility index (Phi) is 5.65. The van der Waals surface area contributed by atoms with Crippen LogP contribution in [-0.2, 0) is 4.74 Å². The van der Waals surface area contributed by atoms with E-state index in [1.807, 2.05) is 0 Å². The maximum atomic E-state index is 13.0. The summed E-state index contributed by atoms with van der Waals surface area (Å²) in [6.45, 7) is 0.107. The highest BCUT2D eigenvalue weighted by Crippen LogP contribution is 2.34. The molecule has 1 saturated heterocycles. The number of alkyl halides is 4. The fourth-order valence-corrected chi connectivity index (χ4v) is 1.81. The molecule has 1 N–H and O–H groups in total. The summed E-state index contributed by atoms with van der Waals surface area (Å²) >= 11 is 0. The lowest BCUT2D eigenvalue weighted by Crippen LogP contribution is -2.37. The van der Waals surface area contributed by atoms with Crippen molar-refractivity contribution in [3.8, 4) is 5.75 Å². The Morgan fingerprint density at radius 2 is 2.00 bits per heavy atom. The van der Waals surface area contributed by atoms with E-state index in [1.165, 1.54) is 18.2 Å². The first-order valence-corrected chi connectivity index (χ1v) is 5.77. The molecule has 21 heavy (non-hydrogen) atoms. The first-order valence-electron chi connectivity index (χ1n) is 5.77. The summed E-state index contributed by atoms with van der Waals surface area (Å²) in [5.41, 5.74) is 0.199. The molecule has 1 heterocycles. The number of ether oxygens (including phenoxy) is 2. The monoisotopic (exact) mass is 329 g/mol. The zero-order chi connectivity index (χ0) is 14.8. The van der Waals surface area contributed by atoms with Crippen LogP contribution in [0.4, 0.5) is 22.4 Å². The van der Waals surface area contributed by atoms with Gasteiger partial charge in [0.05, 0.1) is 12.6 Å². The number of hydrogen-bond donors (Lipinski definition) is 1. The van der Waals surface area contributed by atoms with Gasteiger partial charge in [0.25, 0.3) is 0 Å². The second-order valence-corrected chi connectivity index (χ2v) is 4.12. The topological polar surface area (TPSA) is 47.6 Å². The predicted octanol–water partition coefficient (Wildman–Crippen LogP) is 3.52. The van der Waals surface area contributed by atoms with Gasteiger partial charge in [0.1, 0.15) is 5.75 Å². The van der Waals surface area contributed by atoms with Crippen molar-refractivity contribution >= 4 is 18.5 Å². The Balaban J connectivity index is 0.00000220. The number of rotatable bonds is 4. The summed E-state index contributed by atoms with van der Waals surface area (Å²) in [6.07, 6.45) is -8.91. The molecule has 0 radical (unpaired) electrons. The van der Waals surface area contributed by atoms with Gasteiger partial charge < -0.3 is 14.8 Å². The zero-order valence-corrected chi connectivity index (χ0v) is 11.3. The molecule has 4 nitrogen and oxygen atoms in total. The van der Waals surface area contributed by atoms with Crippen molar-refractivity contribution in [1.29, 1.82) is 0 Å². The van der Waals surface area contributed by atoms with Crippen LogP contribution >= 0.6 is 12.4 Å². The molecule has 2 rings (SSSR count). The maximum Gasteiger partial charge on any atom is 0.461 e. The second kappa shape index (κ2) is 6.84. The van der Waals surface area contributed by atoms with Gasteiger partial charge in [0.2, 0.25) is 0 Å². The average Bonchev–Trinajstić information content (AvgIpc) is 2.38. The SMILES string of the molecule is Cl.O=C1N[C@@H](c2ccccc2OC(F)(F)C(F)F)CCO1. The molecule has 9 heteroatoms. The minimum absolute atomic E-state index is 0. The van der Waals surface area contributed by atoms with Crippen molar-refractivity contribution in [3.05, 3.63) is 29.8 Å². The number of para-hydroxylation sites is 1.